The Labute approximate surface area is 140 Å². The maximum atomic E-state index is 12.2. The van der Waals surface area contributed by atoms with Crippen molar-refractivity contribution in [1.82, 2.24) is 5.32 Å². The van der Waals surface area contributed by atoms with E-state index < -0.39 is 18.0 Å². The molecule has 0 radical (unpaired) electrons. The van der Waals surface area contributed by atoms with Gasteiger partial charge in [0.05, 0.1) is 10.6 Å². The second-order valence-electron chi connectivity index (χ2n) is 4.77. The summed E-state index contributed by atoms with van der Waals surface area (Å²) in [5, 5.41) is 4.58. The van der Waals surface area contributed by atoms with Crippen LogP contribution < -0.4 is 10.6 Å². The number of halogens is 4. The molecule has 2 amide bonds. The van der Waals surface area contributed by atoms with Crippen molar-refractivity contribution in [2.75, 3.05) is 5.32 Å². The highest BCUT2D eigenvalue weighted by molar-refractivity contribution is 6.34. The first-order valence-corrected chi connectivity index (χ1v) is 7.15. The molecule has 0 aromatic heterocycles. The molecule has 0 aliphatic heterocycles. The van der Waals surface area contributed by atoms with Gasteiger partial charge in [0.2, 0.25) is 0 Å². The van der Waals surface area contributed by atoms with Crippen LogP contribution in [-0.4, -0.2) is 18.0 Å². The number of nitrogens with one attached hydrogen (secondary N) is 2. The first kappa shape index (κ1) is 17.8. The zero-order valence-corrected chi connectivity index (χ0v) is 12.9. The monoisotopic (exact) mass is 356 g/mol. The Hall–Kier alpha value is -2.54. The molecule has 0 saturated carbocycles. The van der Waals surface area contributed by atoms with E-state index in [9.17, 15) is 22.8 Å². The summed E-state index contributed by atoms with van der Waals surface area (Å²) in [6.45, 7) is -0.378. The number of para-hydroxylation sites is 1. The number of carbonyl (C=O) groups is 2. The Bertz CT molecular complexity index is 763. The van der Waals surface area contributed by atoms with Gasteiger partial charge in [0.25, 0.3) is 5.91 Å². The fourth-order valence-corrected chi connectivity index (χ4v) is 2.13. The molecule has 0 bridgehead atoms. The van der Waals surface area contributed by atoms with Gasteiger partial charge in [-0.1, -0.05) is 41.9 Å². The Morgan fingerprint density at radius 1 is 1.00 bits per heavy atom. The number of rotatable bonds is 4. The van der Waals surface area contributed by atoms with Gasteiger partial charge in [0.1, 0.15) is 0 Å². The second-order valence-corrected chi connectivity index (χ2v) is 5.18. The molecule has 2 aromatic rings. The lowest BCUT2D eigenvalue weighted by Crippen LogP contribution is -2.36. The standard InChI is InChI=1S/C16H12ClF3N2O2/c17-12-7-3-2-6-11(12)14(23)22-13-8-4-1-5-10(13)9-21-15(24)16(18,19)20/h1-8H,9H2,(H,21,24)(H,22,23). The van der Waals surface area contributed by atoms with Crippen molar-refractivity contribution in [3.8, 4) is 0 Å². The number of alkyl halides is 3. The number of benzene rings is 2. The van der Waals surface area contributed by atoms with Crippen molar-refractivity contribution >= 4 is 29.1 Å². The van der Waals surface area contributed by atoms with E-state index in [4.69, 9.17) is 11.6 Å². The SMILES string of the molecule is O=C(Nc1ccccc1CNC(=O)C(F)(F)F)c1ccccc1Cl. The molecule has 0 saturated heterocycles. The van der Waals surface area contributed by atoms with Crippen LogP contribution >= 0.6 is 11.6 Å². The number of anilines is 1. The van der Waals surface area contributed by atoms with Gasteiger partial charge < -0.3 is 10.6 Å². The number of hydrogen-bond donors (Lipinski definition) is 2. The molecule has 8 heteroatoms. The van der Waals surface area contributed by atoms with E-state index >= 15 is 0 Å². The Kier molecular flexibility index (Phi) is 5.46. The molecule has 4 nitrogen and oxygen atoms in total. The Balaban J connectivity index is 2.13. The lowest BCUT2D eigenvalue weighted by Gasteiger charge is -2.13. The van der Waals surface area contributed by atoms with E-state index in [2.05, 4.69) is 5.32 Å². The quantitative estimate of drug-likeness (QED) is 0.876. The zero-order chi connectivity index (χ0) is 17.7. The van der Waals surface area contributed by atoms with Crippen LogP contribution in [0.25, 0.3) is 0 Å². The van der Waals surface area contributed by atoms with Crippen molar-refractivity contribution in [2.45, 2.75) is 12.7 Å². The van der Waals surface area contributed by atoms with Crippen molar-refractivity contribution < 1.29 is 22.8 Å². The summed E-state index contributed by atoms with van der Waals surface area (Å²) in [5.74, 6) is -2.55. The number of hydrogen-bond acceptors (Lipinski definition) is 2. The van der Waals surface area contributed by atoms with E-state index in [1.807, 2.05) is 0 Å². The summed E-state index contributed by atoms with van der Waals surface area (Å²) in [6.07, 6.45) is -4.96. The van der Waals surface area contributed by atoms with Gasteiger partial charge in [-0.15, -0.1) is 0 Å². The minimum Gasteiger partial charge on any atom is -0.344 e. The third-order valence-electron chi connectivity index (χ3n) is 3.08. The zero-order valence-electron chi connectivity index (χ0n) is 12.2. The second kappa shape index (κ2) is 7.35. The van der Waals surface area contributed by atoms with Gasteiger partial charge in [-0.05, 0) is 23.8 Å². The van der Waals surface area contributed by atoms with Crippen LogP contribution in [0.3, 0.4) is 0 Å². The maximum absolute atomic E-state index is 12.2. The predicted molar refractivity (Wildman–Crippen MR) is 83.7 cm³/mol. The van der Waals surface area contributed by atoms with Crippen LogP contribution in [-0.2, 0) is 11.3 Å². The molecule has 0 aliphatic rings. The molecule has 2 aromatic carbocycles. The normalized spacial score (nSPS) is 11.0. The largest absolute Gasteiger partial charge is 0.471 e. The van der Waals surface area contributed by atoms with Gasteiger partial charge in [-0.3, -0.25) is 9.59 Å². The number of carbonyl (C=O) groups excluding carboxylic acids is 2. The van der Waals surface area contributed by atoms with Crippen LogP contribution in [0.2, 0.25) is 5.02 Å². The van der Waals surface area contributed by atoms with Crippen molar-refractivity contribution in [3.05, 3.63) is 64.7 Å². The van der Waals surface area contributed by atoms with E-state index in [1.54, 1.807) is 35.6 Å². The molecule has 2 rings (SSSR count). The fraction of sp³-hybridized carbons (Fsp3) is 0.125. The molecule has 0 aliphatic carbocycles. The highest BCUT2D eigenvalue weighted by Gasteiger charge is 2.38. The predicted octanol–water partition coefficient (Wildman–Crippen LogP) is 3.77. The average Bonchev–Trinajstić information content (AvgIpc) is 2.53. The fourth-order valence-electron chi connectivity index (χ4n) is 1.91. The van der Waals surface area contributed by atoms with Crippen LogP contribution in [0.1, 0.15) is 15.9 Å². The van der Waals surface area contributed by atoms with E-state index in [0.29, 0.717) is 5.56 Å². The van der Waals surface area contributed by atoms with Crippen molar-refractivity contribution in [3.63, 3.8) is 0 Å². The van der Waals surface area contributed by atoms with Gasteiger partial charge in [0, 0.05) is 12.2 Å². The molecule has 0 spiro atoms. The summed E-state index contributed by atoms with van der Waals surface area (Å²) < 4.78 is 36.7. The smallest absolute Gasteiger partial charge is 0.344 e. The third-order valence-corrected chi connectivity index (χ3v) is 3.41. The molecular formula is C16H12ClF3N2O2. The maximum Gasteiger partial charge on any atom is 0.471 e. The van der Waals surface area contributed by atoms with E-state index in [-0.39, 0.29) is 22.8 Å². The van der Waals surface area contributed by atoms with Crippen LogP contribution in [0, 0.1) is 0 Å². The highest BCUT2D eigenvalue weighted by atomic mass is 35.5. The number of amides is 2. The van der Waals surface area contributed by atoms with Gasteiger partial charge in [-0.25, -0.2) is 0 Å². The Morgan fingerprint density at radius 3 is 2.29 bits per heavy atom. The molecule has 24 heavy (non-hydrogen) atoms. The summed E-state index contributed by atoms with van der Waals surface area (Å²) in [7, 11) is 0. The molecule has 0 unspecified atom stereocenters. The third kappa shape index (κ3) is 4.48. The molecule has 2 N–H and O–H groups in total. The van der Waals surface area contributed by atoms with E-state index in [0.717, 1.165) is 0 Å². The van der Waals surface area contributed by atoms with Gasteiger partial charge in [0.15, 0.2) is 0 Å². The molecule has 0 heterocycles. The Morgan fingerprint density at radius 2 is 1.62 bits per heavy atom. The molecule has 0 atom stereocenters. The van der Waals surface area contributed by atoms with Crippen molar-refractivity contribution in [1.29, 1.82) is 0 Å². The first-order valence-electron chi connectivity index (χ1n) is 6.78. The summed E-state index contributed by atoms with van der Waals surface area (Å²) in [4.78, 5) is 23.1. The average molecular weight is 357 g/mol. The lowest BCUT2D eigenvalue weighted by atomic mass is 10.1. The summed E-state index contributed by atoms with van der Waals surface area (Å²) >= 11 is 5.94. The van der Waals surface area contributed by atoms with E-state index in [1.165, 1.54) is 18.2 Å². The van der Waals surface area contributed by atoms with Crippen LogP contribution in [0.4, 0.5) is 18.9 Å². The minimum atomic E-state index is -4.96. The topological polar surface area (TPSA) is 58.2 Å². The summed E-state index contributed by atoms with van der Waals surface area (Å²) in [5.41, 5.74) is 0.841. The molecule has 0 fully saturated rings. The van der Waals surface area contributed by atoms with Gasteiger partial charge >= 0.3 is 12.1 Å². The minimum absolute atomic E-state index is 0.230. The van der Waals surface area contributed by atoms with Crippen molar-refractivity contribution in [2.24, 2.45) is 0 Å². The van der Waals surface area contributed by atoms with Crippen LogP contribution in [0.15, 0.2) is 48.5 Å². The molecular weight excluding hydrogens is 345 g/mol. The highest BCUT2D eigenvalue weighted by Crippen LogP contribution is 2.20. The van der Waals surface area contributed by atoms with Gasteiger partial charge in [-0.2, -0.15) is 13.2 Å². The summed E-state index contributed by atoms with van der Waals surface area (Å²) in [6, 6.07) is 12.6. The first-order chi connectivity index (χ1) is 11.3. The van der Waals surface area contributed by atoms with Crippen LogP contribution in [0.5, 0.6) is 0 Å². The molecule has 126 valence electrons. The lowest BCUT2D eigenvalue weighted by molar-refractivity contribution is -0.173.